The van der Waals surface area contributed by atoms with Crippen molar-refractivity contribution in [1.82, 2.24) is 0 Å². The SMILES string of the molecule is CCC(C)S(=O)Cc1cccc(CN)c1. The van der Waals surface area contributed by atoms with Gasteiger partial charge in [0.15, 0.2) is 0 Å². The second-order valence-electron chi connectivity index (χ2n) is 3.77. The average Bonchev–Trinajstić information content (AvgIpc) is 2.28. The monoisotopic (exact) mass is 225 g/mol. The predicted octanol–water partition coefficient (Wildman–Crippen LogP) is 2.19. The van der Waals surface area contributed by atoms with Gasteiger partial charge in [-0.1, -0.05) is 38.1 Å². The largest absolute Gasteiger partial charge is 0.326 e. The van der Waals surface area contributed by atoms with E-state index in [0.29, 0.717) is 12.3 Å². The molecule has 84 valence electrons. The summed E-state index contributed by atoms with van der Waals surface area (Å²) in [4.78, 5) is 0. The summed E-state index contributed by atoms with van der Waals surface area (Å²) < 4.78 is 11.8. The van der Waals surface area contributed by atoms with Gasteiger partial charge in [-0.3, -0.25) is 4.21 Å². The molecule has 1 aromatic rings. The molecule has 0 spiro atoms. The highest BCUT2D eigenvalue weighted by Gasteiger charge is 2.09. The zero-order valence-electron chi connectivity index (χ0n) is 9.40. The standard InChI is InChI=1S/C12H19NOS/c1-3-10(2)15(14)9-12-6-4-5-11(7-12)8-13/h4-7,10H,3,8-9,13H2,1-2H3. The van der Waals surface area contributed by atoms with Gasteiger partial charge in [-0.15, -0.1) is 0 Å². The average molecular weight is 225 g/mol. The van der Waals surface area contributed by atoms with Crippen LogP contribution in [0.25, 0.3) is 0 Å². The fourth-order valence-corrected chi connectivity index (χ4v) is 2.50. The second kappa shape index (κ2) is 6.03. The molecule has 2 nitrogen and oxygen atoms in total. The van der Waals surface area contributed by atoms with Gasteiger partial charge in [0, 0.05) is 28.3 Å². The van der Waals surface area contributed by atoms with Crippen molar-refractivity contribution in [1.29, 1.82) is 0 Å². The van der Waals surface area contributed by atoms with Crippen LogP contribution in [0, 0.1) is 0 Å². The highest BCUT2D eigenvalue weighted by Crippen LogP contribution is 2.11. The molecule has 0 heterocycles. The van der Waals surface area contributed by atoms with Gasteiger partial charge >= 0.3 is 0 Å². The molecule has 0 radical (unpaired) electrons. The van der Waals surface area contributed by atoms with Crippen LogP contribution in [-0.2, 0) is 23.1 Å². The minimum atomic E-state index is -0.767. The third kappa shape index (κ3) is 3.76. The van der Waals surface area contributed by atoms with Crippen molar-refractivity contribution in [2.45, 2.75) is 37.8 Å². The predicted molar refractivity (Wildman–Crippen MR) is 65.9 cm³/mol. The lowest BCUT2D eigenvalue weighted by molar-refractivity contribution is 0.669. The van der Waals surface area contributed by atoms with E-state index in [1.165, 1.54) is 0 Å². The summed E-state index contributed by atoms with van der Waals surface area (Å²) in [6.07, 6.45) is 0.961. The van der Waals surface area contributed by atoms with Gasteiger partial charge in [-0.2, -0.15) is 0 Å². The first-order chi connectivity index (χ1) is 7.17. The van der Waals surface area contributed by atoms with E-state index in [0.717, 1.165) is 17.5 Å². The minimum Gasteiger partial charge on any atom is -0.326 e. The molecule has 0 saturated heterocycles. The van der Waals surface area contributed by atoms with E-state index in [4.69, 9.17) is 5.73 Å². The minimum absolute atomic E-state index is 0.270. The molecular weight excluding hydrogens is 206 g/mol. The summed E-state index contributed by atoms with van der Waals surface area (Å²) in [5.41, 5.74) is 7.79. The first kappa shape index (κ1) is 12.4. The summed E-state index contributed by atoms with van der Waals surface area (Å²) in [5.74, 6) is 0.642. The van der Waals surface area contributed by atoms with Crippen molar-refractivity contribution >= 4 is 10.8 Å². The van der Waals surface area contributed by atoms with E-state index < -0.39 is 10.8 Å². The van der Waals surface area contributed by atoms with Crippen LogP contribution in [0.5, 0.6) is 0 Å². The molecule has 0 amide bonds. The third-order valence-corrected chi connectivity index (χ3v) is 4.41. The zero-order valence-corrected chi connectivity index (χ0v) is 10.2. The number of hydrogen-bond donors (Lipinski definition) is 1. The lowest BCUT2D eigenvalue weighted by Crippen LogP contribution is -2.11. The molecule has 2 N–H and O–H groups in total. The van der Waals surface area contributed by atoms with Crippen LogP contribution in [0.2, 0.25) is 0 Å². The third-order valence-electron chi connectivity index (χ3n) is 2.56. The van der Waals surface area contributed by atoms with Crippen LogP contribution in [0.4, 0.5) is 0 Å². The Morgan fingerprint density at radius 2 is 2.07 bits per heavy atom. The van der Waals surface area contributed by atoms with Crippen molar-refractivity contribution in [3.05, 3.63) is 35.4 Å². The van der Waals surface area contributed by atoms with Crippen molar-refractivity contribution in [2.24, 2.45) is 5.73 Å². The molecular formula is C12H19NOS. The number of rotatable bonds is 5. The second-order valence-corrected chi connectivity index (χ2v) is 5.62. The van der Waals surface area contributed by atoms with Crippen molar-refractivity contribution < 1.29 is 4.21 Å². The number of nitrogens with two attached hydrogens (primary N) is 1. The van der Waals surface area contributed by atoms with Gasteiger partial charge in [-0.05, 0) is 17.5 Å². The Bertz CT molecular complexity index is 338. The molecule has 15 heavy (non-hydrogen) atoms. The topological polar surface area (TPSA) is 43.1 Å². The van der Waals surface area contributed by atoms with E-state index >= 15 is 0 Å². The van der Waals surface area contributed by atoms with Gasteiger partial charge in [0.25, 0.3) is 0 Å². The molecule has 1 aromatic carbocycles. The molecule has 3 heteroatoms. The molecule has 0 saturated carbocycles. The van der Waals surface area contributed by atoms with E-state index in [9.17, 15) is 4.21 Å². The quantitative estimate of drug-likeness (QED) is 0.834. The molecule has 0 aromatic heterocycles. The summed E-state index contributed by atoms with van der Waals surface area (Å²) in [6.45, 7) is 4.64. The Hall–Kier alpha value is -0.670. The van der Waals surface area contributed by atoms with Gasteiger partial charge in [0.2, 0.25) is 0 Å². The molecule has 2 unspecified atom stereocenters. The van der Waals surface area contributed by atoms with Crippen LogP contribution in [0.1, 0.15) is 31.4 Å². The van der Waals surface area contributed by atoms with Crippen molar-refractivity contribution in [2.75, 3.05) is 0 Å². The Morgan fingerprint density at radius 1 is 1.40 bits per heavy atom. The first-order valence-corrected chi connectivity index (χ1v) is 6.70. The lowest BCUT2D eigenvalue weighted by Gasteiger charge is -2.09. The number of hydrogen-bond acceptors (Lipinski definition) is 2. The summed E-state index contributed by atoms with van der Waals surface area (Å²) in [6, 6.07) is 8.03. The zero-order chi connectivity index (χ0) is 11.3. The number of benzene rings is 1. The molecule has 0 aliphatic carbocycles. The molecule has 1 rings (SSSR count). The normalized spacial score (nSPS) is 14.9. The highest BCUT2D eigenvalue weighted by atomic mass is 32.2. The van der Waals surface area contributed by atoms with Gasteiger partial charge < -0.3 is 5.73 Å². The van der Waals surface area contributed by atoms with Crippen molar-refractivity contribution in [3.63, 3.8) is 0 Å². The van der Waals surface area contributed by atoms with Crippen LogP contribution in [0.3, 0.4) is 0 Å². The Balaban J connectivity index is 2.68. The highest BCUT2D eigenvalue weighted by molar-refractivity contribution is 7.84. The summed E-state index contributed by atoms with van der Waals surface area (Å²) in [5, 5.41) is 0.270. The van der Waals surface area contributed by atoms with E-state index in [-0.39, 0.29) is 5.25 Å². The molecule has 0 fully saturated rings. The Labute approximate surface area is 94.3 Å². The maximum Gasteiger partial charge on any atom is 0.0488 e. The lowest BCUT2D eigenvalue weighted by atomic mass is 10.1. The Morgan fingerprint density at radius 3 is 2.67 bits per heavy atom. The smallest absolute Gasteiger partial charge is 0.0488 e. The van der Waals surface area contributed by atoms with Crippen LogP contribution >= 0.6 is 0 Å². The fourth-order valence-electron chi connectivity index (χ4n) is 1.34. The fraction of sp³-hybridized carbons (Fsp3) is 0.500. The molecule has 2 atom stereocenters. The van der Waals surface area contributed by atoms with E-state index in [1.54, 1.807) is 0 Å². The maximum atomic E-state index is 11.8. The molecule has 0 aliphatic rings. The summed E-state index contributed by atoms with van der Waals surface area (Å²) >= 11 is 0. The van der Waals surface area contributed by atoms with Gasteiger partial charge in [0.1, 0.15) is 0 Å². The molecule has 0 aliphatic heterocycles. The summed E-state index contributed by atoms with van der Waals surface area (Å²) in [7, 11) is -0.767. The van der Waals surface area contributed by atoms with Gasteiger partial charge in [0.05, 0.1) is 0 Å². The van der Waals surface area contributed by atoms with Crippen LogP contribution in [0.15, 0.2) is 24.3 Å². The van der Waals surface area contributed by atoms with Crippen molar-refractivity contribution in [3.8, 4) is 0 Å². The maximum absolute atomic E-state index is 11.8. The molecule has 0 bridgehead atoms. The van der Waals surface area contributed by atoms with Crippen LogP contribution in [-0.4, -0.2) is 9.46 Å². The Kier molecular flexibility index (Phi) is 4.99. The first-order valence-electron chi connectivity index (χ1n) is 5.32. The van der Waals surface area contributed by atoms with E-state index in [2.05, 4.69) is 6.92 Å². The van der Waals surface area contributed by atoms with E-state index in [1.807, 2.05) is 31.2 Å². The van der Waals surface area contributed by atoms with Gasteiger partial charge in [-0.25, -0.2) is 0 Å². The van der Waals surface area contributed by atoms with Crippen LogP contribution < -0.4 is 5.73 Å².